The number of hydrogen-bond acceptors (Lipinski definition) is 8. The summed E-state index contributed by atoms with van der Waals surface area (Å²) in [5, 5.41) is 23.8. The van der Waals surface area contributed by atoms with Crippen molar-refractivity contribution in [3.63, 3.8) is 0 Å². The van der Waals surface area contributed by atoms with Gasteiger partial charge in [0.1, 0.15) is 18.1 Å². The van der Waals surface area contributed by atoms with E-state index in [0.717, 1.165) is 5.69 Å². The van der Waals surface area contributed by atoms with Crippen LogP contribution in [-0.4, -0.2) is 35.6 Å². The van der Waals surface area contributed by atoms with Gasteiger partial charge < -0.3 is 15.2 Å². The smallest absolute Gasteiger partial charge is 0.252 e. The van der Waals surface area contributed by atoms with E-state index in [1.54, 1.807) is 55.0 Å². The van der Waals surface area contributed by atoms with E-state index in [0.29, 0.717) is 35.0 Å². The number of aromatic nitrogens is 6. The maximum atomic E-state index is 12.7. The maximum absolute atomic E-state index is 12.7. The molecular weight excluding hydrogens is 406 g/mol. The summed E-state index contributed by atoms with van der Waals surface area (Å²) in [7, 11) is 1.86. The van der Waals surface area contributed by atoms with Gasteiger partial charge >= 0.3 is 0 Å². The fraction of sp³-hybridized carbons (Fsp3) is 0.136. The lowest BCUT2D eigenvalue weighted by molar-refractivity contribution is 0.0945. The number of nitrogens with zero attached hydrogens (tertiary/aromatic N) is 7. The zero-order chi connectivity index (χ0) is 22.3. The fourth-order valence-corrected chi connectivity index (χ4v) is 3.06. The van der Waals surface area contributed by atoms with Crippen LogP contribution in [-0.2, 0) is 13.6 Å². The third-order valence-corrected chi connectivity index (χ3v) is 4.77. The minimum absolute atomic E-state index is 0.353. The number of amides is 1. The van der Waals surface area contributed by atoms with Crippen molar-refractivity contribution in [2.75, 3.05) is 5.32 Å². The van der Waals surface area contributed by atoms with E-state index in [1.807, 2.05) is 17.7 Å². The first kappa shape index (κ1) is 20.6. The molecule has 4 rings (SSSR count). The summed E-state index contributed by atoms with van der Waals surface area (Å²) in [4.78, 5) is 24.8. The van der Waals surface area contributed by atoms with E-state index < -0.39 is 6.04 Å². The fourth-order valence-electron chi connectivity index (χ4n) is 3.06. The zero-order valence-corrected chi connectivity index (χ0v) is 17.2. The number of carbonyl (C=O) groups excluding carboxylic acids is 1. The van der Waals surface area contributed by atoms with Gasteiger partial charge in [-0.15, -0.1) is 10.2 Å². The number of benzene rings is 1. The SMILES string of the molecule is Cn1c(CNc2cccc(C(=O)N[C@H](C#N)c3cccnc3)c2)nnc1-c1ccncn1. The Kier molecular flexibility index (Phi) is 6.08. The third kappa shape index (κ3) is 4.57. The van der Waals surface area contributed by atoms with Crippen LogP contribution in [0.5, 0.6) is 0 Å². The molecule has 10 heteroatoms. The minimum atomic E-state index is -0.785. The summed E-state index contributed by atoms with van der Waals surface area (Å²) in [6.07, 6.45) is 6.28. The molecule has 10 nitrogen and oxygen atoms in total. The van der Waals surface area contributed by atoms with E-state index in [-0.39, 0.29) is 5.91 Å². The summed E-state index contributed by atoms with van der Waals surface area (Å²) in [5.74, 6) is 0.985. The molecule has 32 heavy (non-hydrogen) atoms. The van der Waals surface area contributed by atoms with Crippen LogP contribution in [0, 0.1) is 11.3 Å². The van der Waals surface area contributed by atoms with Crippen LogP contribution in [0.4, 0.5) is 5.69 Å². The Labute approximate surface area is 184 Å². The van der Waals surface area contributed by atoms with Crippen molar-refractivity contribution in [1.82, 2.24) is 35.0 Å². The number of nitrogens with one attached hydrogen (secondary N) is 2. The summed E-state index contributed by atoms with van der Waals surface area (Å²) in [6, 6.07) is 13.6. The molecule has 3 aromatic heterocycles. The van der Waals surface area contributed by atoms with Gasteiger partial charge in [0.25, 0.3) is 5.91 Å². The topological polar surface area (TPSA) is 134 Å². The minimum Gasteiger partial charge on any atom is -0.378 e. The molecule has 0 saturated carbocycles. The molecule has 1 aromatic carbocycles. The highest BCUT2D eigenvalue weighted by molar-refractivity contribution is 5.95. The standard InChI is InChI=1S/C22H19N9O/c1-31-20(29-30-21(31)18-7-9-25-14-27-18)13-26-17-6-2-4-15(10-17)22(32)28-19(11-23)16-5-3-8-24-12-16/h2-10,12,14,19,26H,13H2,1H3,(H,28,32)/t19-/m1/s1. The van der Waals surface area contributed by atoms with Crippen LogP contribution in [0.1, 0.15) is 27.8 Å². The lowest BCUT2D eigenvalue weighted by Gasteiger charge is -2.12. The van der Waals surface area contributed by atoms with Crippen LogP contribution in [0.25, 0.3) is 11.5 Å². The zero-order valence-electron chi connectivity index (χ0n) is 17.2. The average molecular weight is 425 g/mol. The molecule has 158 valence electrons. The summed E-state index contributed by atoms with van der Waals surface area (Å²) in [6.45, 7) is 0.399. The van der Waals surface area contributed by atoms with Gasteiger partial charge in [0.15, 0.2) is 11.6 Å². The lowest BCUT2D eigenvalue weighted by atomic mass is 10.1. The first-order valence-corrected chi connectivity index (χ1v) is 9.74. The van der Waals surface area contributed by atoms with Crippen LogP contribution >= 0.6 is 0 Å². The summed E-state index contributed by atoms with van der Waals surface area (Å²) >= 11 is 0. The Morgan fingerprint density at radius 2 is 2.06 bits per heavy atom. The van der Waals surface area contributed by atoms with Crippen molar-refractivity contribution in [2.45, 2.75) is 12.6 Å². The Morgan fingerprint density at radius 1 is 1.16 bits per heavy atom. The molecule has 0 aliphatic heterocycles. The van der Waals surface area contributed by atoms with Crippen molar-refractivity contribution in [3.8, 4) is 17.6 Å². The highest BCUT2D eigenvalue weighted by Crippen LogP contribution is 2.17. The van der Waals surface area contributed by atoms with Crippen molar-refractivity contribution in [1.29, 1.82) is 5.26 Å². The number of anilines is 1. The van der Waals surface area contributed by atoms with Gasteiger partial charge in [0.2, 0.25) is 0 Å². The molecule has 0 bridgehead atoms. The van der Waals surface area contributed by atoms with Gasteiger partial charge in [-0.2, -0.15) is 5.26 Å². The Hall–Kier alpha value is -4.65. The summed E-state index contributed by atoms with van der Waals surface area (Å²) in [5.41, 5.74) is 2.47. The molecule has 3 heterocycles. The molecule has 1 atom stereocenters. The Balaban J connectivity index is 1.43. The molecule has 0 saturated heterocycles. The largest absolute Gasteiger partial charge is 0.378 e. The molecule has 0 unspecified atom stereocenters. The monoisotopic (exact) mass is 425 g/mol. The van der Waals surface area contributed by atoms with E-state index in [9.17, 15) is 10.1 Å². The third-order valence-electron chi connectivity index (χ3n) is 4.77. The van der Waals surface area contributed by atoms with Gasteiger partial charge in [0.05, 0.1) is 12.6 Å². The van der Waals surface area contributed by atoms with Crippen LogP contribution in [0.3, 0.4) is 0 Å². The first-order valence-electron chi connectivity index (χ1n) is 9.74. The van der Waals surface area contributed by atoms with Crippen molar-refractivity contribution >= 4 is 11.6 Å². The number of rotatable bonds is 7. The van der Waals surface area contributed by atoms with E-state index in [4.69, 9.17) is 0 Å². The molecule has 0 fully saturated rings. The lowest BCUT2D eigenvalue weighted by Crippen LogP contribution is -2.27. The molecular formula is C22H19N9O. The number of carbonyl (C=O) groups is 1. The first-order chi connectivity index (χ1) is 15.7. The normalized spacial score (nSPS) is 11.4. The molecule has 0 aliphatic rings. The second-order valence-corrected chi connectivity index (χ2v) is 6.85. The van der Waals surface area contributed by atoms with E-state index in [2.05, 4.69) is 41.9 Å². The van der Waals surface area contributed by atoms with Crippen molar-refractivity contribution in [2.24, 2.45) is 7.05 Å². The number of hydrogen-bond donors (Lipinski definition) is 2. The molecule has 0 aliphatic carbocycles. The quantitative estimate of drug-likeness (QED) is 0.460. The van der Waals surface area contributed by atoms with E-state index >= 15 is 0 Å². The molecule has 1 amide bonds. The van der Waals surface area contributed by atoms with Crippen molar-refractivity contribution < 1.29 is 4.79 Å². The Morgan fingerprint density at radius 3 is 2.81 bits per heavy atom. The number of nitriles is 1. The second-order valence-electron chi connectivity index (χ2n) is 6.85. The predicted octanol–water partition coefficient (Wildman–Crippen LogP) is 2.27. The predicted molar refractivity (Wildman–Crippen MR) is 116 cm³/mol. The van der Waals surface area contributed by atoms with Gasteiger partial charge in [-0.05, 0) is 30.3 Å². The Bertz CT molecular complexity index is 1250. The number of pyridine rings is 1. The molecule has 0 spiro atoms. The highest BCUT2D eigenvalue weighted by Gasteiger charge is 2.16. The maximum Gasteiger partial charge on any atom is 0.252 e. The molecule has 2 N–H and O–H groups in total. The van der Waals surface area contributed by atoms with Gasteiger partial charge in [-0.3, -0.25) is 9.78 Å². The van der Waals surface area contributed by atoms with Crippen LogP contribution < -0.4 is 10.6 Å². The van der Waals surface area contributed by atoms with Crippen molar-refractivity contribution in [3.05, 3.63) is 84.3 Å². The summed E-state index contributed by atoms with van der Waals surface area (Å²) < 4.78 is 1.84. The molecule has 0 radical (unpaired) electrons. The second kappa shape index (κ2) is 9.44. The average Bonchev–Trinajstić information content (AvgIpc) is 3.22. The highest BCUT2D eigenvalue weighted by atomic mass is 16.1. The van der Waals surface area contributed by atoms with E-state index in [1.165, 1.54) is 6.33 Å². The van der Waals surface area contributed by atoms with Gasteiger partial charge in [0, 0.05) is 42.5 Å². The van der Waals surface area contributed by atoms with Crippen LogP contribution in [0.2, 0.25) is 0 Å². The van der Waals surface area contributed by atoms with Gasteiger partial charge in [-0.1, -0.05) is 12.1 Å². The van der Waals surface area contributed by atoms with Gasteiger partial charge in [-0.25, -0.2) is 9.97 Å². The van der Waals surface area contributed by atoms with Crippen LogP contribution in [0.15, 0.2) is 67.4 Å². The molecule has 4 aromatic rings.